The third-order valence-corrected chi connectivity index (χ3v) is 12.8. The highest BCUT2D eigenvalue weighted by molar-refractivity contribution is 7.26. The van der Waals surface area contributed by atoms with Crippen molar-refractivity contribution >= 4 is 63.8 Å². The molecule has 10 aromatic rings. The second kappa shape index (κ2) is 11.0. The number of thiophene rings is 1. The standard InChI is InChI=1S/C51H34S/c1-51(2)44-23-13-12-22-40(44)48-43(30-42-41-28-34-16-6-7-17-35(34)29-45(41)52-50(42)49(48)51)47-38-20-10-8-18-36(38)46(37-19-9-11-21-39(37)47)33-26-24-32(25-27-33)31-14-4-3-5-15-31/h3-30H,1-2H3. The van der Waals surface area contributed by atoms with Gasteiger partial charge in [0.2, 0.25) is 0 Å². The van der Waals surface area contributed by atoms with Gasteiger partial charge in [0.15, 0.2) is 0 Å². The van der Waals surface area contributed by atoms with Gasteiger partial charge in [-0.15, -0.1) is 11.3 Å². The van der Waals surface area contributed by atoms with Crippen molar-refractivity contribution in [2.45, 2.75) is 19.3 Å². The lowest BCUT2D eigenvalue weighted by atomic mass is 9.79. The predicted molar refractivity (Wildman–Crippen MR) is 226 cm³/mol. The van der Waals surface area contributed by atoms with Gasteiger partial charge in [-0.2, -0.15) is 0 Å². The van der Waals surface area contributed by atoms with Crippen molar-refractivity contribution in [3.8, 4) is 44.5 Å². The smallest absolute Gasteiger partial charge is 0.0402 e. The van der Waals surface area contributed by atoms with Gasteiger partial charge in [-0.1, -0.05) is 166 Å². The SMILES string of the molecule is CC1(C)c2ccccc2-c2c(-c3c4ccccc4c(-c4ccc(-c5ccccc5)cc4)c4ccccc34)cc3c(sc4cc5ccccc5cc43)c21. The Labute approximate surface area is 307 Å². The molecule has 0 aliphatic heterocycles. The number of benzene rings is 9. The first-order valence-corrected chi connectivity index (χ1v) is 19.0. The first-order chi connectivity index (χ1) is 25.6. The lowest BCUT2D eigenvalue weighted by Crippen LogP contribution is -2.15. The summed E-state index contributed by atoms with van der Waals surface area (Å²) in [5, 5.41) is 10.4. The summed E-state index contributed by atoms with van der Waals surface area (Å²) in [6, 6.07) is 63.3. The summed E-state index contributed by atoms with van der Waals surface area (Å²) < 4.78 is 2.76. The van der Waals surface area contributed by atoms with E-state index in [-0.39, 0.29) is 5.41 Å². The van der Waals surface area contributed by atoms with Crippen molar-refractivity contribution in [1.29, 1.82) is 0 Å². The van der Waals surface area contributed by atoms with Crippen LogP contribution in [0.3, 0.4) is 0 Å². The first kappa shape index (κ1) is 29.7. The van der Waals surface area contributed by atoms with Crippen molar-refractivity contribution in [3.63, 3.8) is 0 Å². The van der Waals surface area contributed by atoms with E-state index in [1.807, 2.05) is 11.3 Å². The fraction of sp³-hybridized carbons (Fsp3) is 0.0588. The highest BCUT2D eigenvalue weighted by Gasteiger charge is 2.40. The Kier molecular flexibility index (Phi) is 6.27. The minimum Gasteiger partial charge on any atom is -0.135 e. The Morgan fingerprint density at radius 3 is 1.62 bits per heavy atom. The molecule has 0 bridgehead atoms. The Morgan fingerprint density at radius 2 is 0.923 bits per heavy atom. The molecule has 0 saturated carbocycles. The van der Waals surface area contributed by atoms with Crippen molar-refractivity contribution in [3.05, 3.63) is 181 Å². The summed E-state index contributed by atoms with van der Waals surface area (Å²) in [7, 11) is 0. The second-order valence-corrected chi connectivity index (χ2v) is 15.9. The van der Waals surface area contributed by atoms with Gasteiger partial charge in [-0.3, -0.25) is 0 Å². The van der Waals surface area contributed by atoms with E-state index in [4.69, 9.17) is 0 Å². The van der Waals surface area contributed by atoms with Crippen LogP contribution in [0.15, 0.2) is 170 Å². The fourth-order valence-electron chi connectivity index (χ4n) is 9.24. The lowest BCUT2D eigenvalue weighted by Gasteiger charge is -2.24. The summed E-state index contributed by atoms with van der Waals surface area (Å²) >= 11 is 1.97. The monoisotopic (exact) mass is 678 g/mol. The third-order valence-electron chi connectivity index (χ3n) is 11.6. The molecule has 0 N–H and O–H groups in total. The van der Waals surface area contributed by atoms with Crippen LogP contribution in [0.2, 0.25) is 0 Å². The molecule has 0 nitrogen and oxygen atoms in total. The highest BCUT2D eigenvalue weighted by Crippen LogP contribution is 2.58. The molecule has 1 aliphatic rings. The highest BCUT2D eigenvalue weighted by atomic mass is 32.1. The number of rotatable bonds is 3. The zero-order valence-electron chi connectivity index (χ0n) is 29.1. The van der Waals surface area contributed by atoms with Crippen molar-refractivity contribution < 1.29 is 0 Å². The summed E-state index contributed by atoms with van der Waals surface area (Å²) in [5.74, 6) is 0. The van der Waals surface area contributed by atoms with Crippen molar-refractivity contribution in [2.75, 3.05) is 0 Å². The molecule has 1 aliphatic carbocycles. The molecule has 11 rings (SSSR count). The molecule has 1 heterocycles. The average Bonchev–Trinajstić information content (AvgIpc) is 3.67. The van der Waals surface area contributed by atoms with Crippen LogP contribution in [0, 0.1) is 0 Å². The quantitative estimate of drug-likeness (QED) is 0.163. The number of hydrogen-bond acceptors (Lipinski definition) is 1. The molecule has 0 unspecified atom stereocenters. The van der Waals surface area contributed by atoms with Crippen LogP contribution in [-0.4, -0.2) is 0 Å². The molecule has 1 heteroatoms. The van der Waals surface area contributed by atoms with Gasteiger partial charge in [-0.05, 0) is 106 Å². The first-order valence-electron chi connectivity index (χ1n) is 18.2. The zero-order valence-corrected chi connectivity index (χ0v) is 29.9. The van der Waals surface area contributed by atoms with Crippen LogP contribution in [0.5, 0.6) is 0 Å². The Morgan fingerprint density at radius 1 is 0.385 bits per heavy atom. The largest absolute Gasteiger partial charge is 0.135 e. The van der Waals surface area contributed by atoms with Gasteiger partial charge in [0, 0.05) is 25.6 Å². The van der Waals surface area contributed by atoms with E-state index >= 15 is 0 Å². The predicted octanol–water partition coefficient (Wildman–Crippen LogP) is 14.8. The molecule has 244 valence electrons. The zero-order chi connectivity index (χ0) is 34.6. The van der Waals surface area contributed by atoms with Crippen molar-refractivity contribution in [2.24, 2.45) is 0 Å². The normalized spacial score (nSPS) is 13.3. The summed E-state index contributed by atoms with van der Waals surface area (Å²) in [4.78, 5) is 0. The van der Waals surface area contributed by atoms with E-state index in [1.54, 1.807) is 0 Å². The van der Waals surface area contributed by atoms with Gasteiger partial charge >= 0.3 is 0 Å². The minimum absolute atomic E-state index is 0.146. The summed E-state index contributed by atoms with van der Waals surface area (Å²) in [6.45, 7) is 4.86. The molecular formula is C51H34S. The van der Waals surface area contributed by atoms with E-state index in [9.17, 15) is 0 Å². The molecule has 0 amide bonds. The van der Waals surface area contributed by atoms with Gasteiger partial charge in [-0.25, -0.2) is 0 Å². The van der Waals surface area contributed by atoms with E-state index in [0.717, 1.165) is 0 Å². The molecule has 52 heavy (non-hydrogen) atoms. The fourth-order valence-corrected chi connectivity index (χ4v) is 10.7. The molecule has 0 saturated heterocycles. The molecule has 0 radical (unpaired) electrons. The average molecular weight is 679 g/mol. The van der Waals surface area contributed by atoms with E-state index in [2.05, 4.69) is 184 Å². The maximum Gasteiger partial charge on any atom is 0.0402 e. The van der Waals surface area contributed by atoms with E-state index in [0.29, 0.717) is 0 Å². The Bertz CT molecular complexity index is 3010. The maximum atomic E-state index is 2.54. The van der Waals surface area contributed by atoms with E-state index in [1.165, 1.54) is 108 Å². The maximum absolute atomic E-state index is 2.54. The van der Waals surface area contributed by atoms with Crippen LogP contribution in [0.25, 0.3) is 97.0 Å². The number of hydrogen-bond donors (Lipinski definition) is 0. The minimum atomic E-state index is -0.146. The molecule has 9 aromatic carbocycles. The van der Waals surface area contributed by atoms with Crippen LogP contribution >= 0.6 is 11.3 Å². The lowest BCUT2D eigenvalue weighted by molar-refractivity contribution is 0.667. The molecule has 0 fully saturated rings. The van der Waals surface area contributed by atoms with Gasteiger partial charge in [0.1, 0.15) is 0 Å². The topological polar surface area (TPSA) is 0 Å². The molecular weight excluding hydrogens is 645 g/mol. The molecule has 0 spiro atoms. The van der Waals surface area contributed by atoms with Crippen LogP contribution in [-0.2, 0) is 5.41 Å². The Balaban J connectivity index is 1.27. The summed E-state index contributed by atoms with van der Waals surface area (Å²) in [5.41, 5.74) is 13.1. The Hall–Kier alpha value is -6.02. The van der Waals surface area contributed by atoms with Crippen molar-refractivity contribution in [1.82, 2.24) is 0 Å². The molecule has 0 atom stereocenters. The van der Waals surface area contributed by atoms with E-state index < -0.39 is 0 Å². The van der Waals surface area contributed by atoms with Crippen LogP contribution in [0.4, 0.5) is 0 Å². The van der Waals surface area contributed by atoms with Gasteiger partial charge in [0.05, 0.1) is 0 Å². The van der Waals surface area contributed by atoms with Crippen LogP contribution < -0.4 is 0 Å². The van der Waals surface area contributed by atoms with Gasteiger partial charge in [0.25, 0.3) is 0 Å². The number of fused-ring (bicyclic) bond motifs is 10. The molecule has 1 aromatic heterocycles. The van der Waals surface area contributed by atoms with Crippen LogP contribution in [0.1, 0.15) is 25.0 Å². The second-order valence-electron chi connectivity index (χ2n) is 14.8. The van der Waals surface area contributed by atoms with Gasteiger partial charge < -0.3 is 0 Å². The summed E-state index contributed by atoms with van der Waals surface area (Å²) in [6.07, 6.45) is 0. The third kappa shape index (κ3) is 4.15.